The molecular weight excluding hydrogens is 226 g/mol. The lowest BCUT2D eigenvalue weighted by Gasteiger charge is -2.33. The van der Waals surface area contributed by atoms with Crippen LogP contribution in [0.25, 0.3) is 0 Å². The standard InChI is InChI=1S/C15H23NO2/c1-4-6-12-10-14(16-5-2)13-9-11(17-3)7-8-15(13)18-12/h7-9,12,14,16H,4-6,10H2,1-3H3. The van der Waals surface area contributed by atoms with Crippen LogP contribution < -0.4 is 14.8 Å². The molecule has 3 nitrogen and oxygen atoms in total. The number of rotatable bonds is 5. The van der Waals surface area contributed by atoms with Crippen LogP contribution in [0.15, 0.2) is 18.2 Å². The van der Waals surface area contributed by atoms with Crippen LogP contribution in [0.1, 0.15) is 44.7 Å². The molecule has 18 heavy (non-hydrogen) atoms. The predicted octanol–water partition coefficient (Wildman–Crippen LogP) is 3.30. The zero-order valence-electron chi connectivity index (χ0n) is 11.5. The summed E-state index contributed by atoms with van der Waals surface area (Å²) in [6, 6.07) is 6.46. The lowest BCUT2D eigenvalue weighted by atomic mass is 9.94. The first-order valence-electron chi connectivity index (χ1n) is 6.86. The molecule has 0 saturated carbocycles. The summed E-state index contributed by atoms with van der Waals surface area (Å²) in [5.41, 5.74) is 1.23. The molecule has 0 amide bonds. The molecule has 1 N–H and O–H groups in total. The Bertz CT molecular complexity index is 392. The molecule has 0 spiro atoms. The van der Waals surface area contributed by atoms with Gasteiger partial charge in [-0.05, 0) is 31.2 Å². The highest BCUT2D eigenvalue weighted by molar-refractivity contribution is 5.43. The van der Waals surface area contributed by atoms with Crippen LogP contribution >= 0.6 is 0 Å². The molecule has 0 fully saturated rings. The Morgan fingerprint density at radius 3 is 2.89 bits per heavy atom. The minimum atomic E-state index is 0.333. The molecule has 0 aromatic heterocycles. The monoisotopic (exact) mass is 249 g/mol. The van der Waals surface area contributed by atoms with Gasteiger partial charge in [0.05, 0.1) is 7.11 Å². The van der Waals surface area contributed by atoms with Crippen molar-refractivity contribution in [3.8, 4) is 11.5 Å². The second-order valence-electron chi connectivity index (χ2n) is 4.78. The first-order chi connectivity index (χ1) is 8.78. The topological polar surface area (TPSA) is 30.5 Å². The van der Waals surface area contributed by atoms with Crippen LogP contribution in [-0.4, -0.2) is 19.8 Å². The van der Waals surface area contributed by atoms with Gasteiger partial charge in [-0.2, -0.15) is 0 Å². The number of methoxy groups -OCH3 is 1. The van der Waals surface area contributed by atoms with Gasteiger partial charge in [-0.25, -0.2) is 0 Å². The van der Waals surface area contributed by atoms with Gasteiger partial charge in [-0.1, -0.05) is 20.3 Å². The van der Waals surface area contributed by atoms with Gasteiger partial charge in [0.15, 0.2) is 0 Å². The number of hydrogen-bond acceptors (Lipinski definition) is 3. The molecule has 0 radical (unpaired) electrons. The highest BCUT2D eigenvalue weighted by Crippen LogP contribution is 2.38. The minimum absolute atomic E-state index is 0.333. The van der Waals surface area contributed by atoms with Crippen LogP contribution in [0.3, 0.4) is 0 Å². The summed E-state index contributed by atoms with van der Waals surface area (Å²) < 4.78 is 11.4. The van der Waals surface area contributed by atoms with E-state index in [1.54, 1.807) is 7.11 Å². The van der Waals surface area contributed by atoms with E-state index in [9.17, 15) is 0 Å². The fourth-order valence-corrected chi connectivity index (χ4v) is 2.59. The van der Waals surface area contributed by atoms with Crippen molar-refractivity contribution in [1.82, 2.24) is 5.32 Å². The molecule has 1 aromatic rings. The minimum Gasteiger partial charge on any atom is -0.497 e. The number of ether oxygens (including phenoxy) is 2. The number of hydrogen-bond donors (Lipinski definition) is 1. The first-order valence-corrected chi connectivity index (χ1v) is 6.86. The summed E-state index contributed by atoms with van der Waals surface area (Å²) in [7, 11) is 1.70. The molecule has 0 aliphatic carbocycles. The molecule has 1 aliphatic rings. The zero-order chi connectivity index (χ0) is 13.0. The molecule has 2 rings (SSSR count). The van der Waals surface area contributed by atoms with Crippen LogP contribution in [-0.2, 0) is 0 Å². The second kappa shape index (κ2) is 6.10. The normalized spacial score (nSPS) is 22.2. The maximum absolute atomic E-state index is 6.05. The lowest BCUT2D eigenvalue weighted by molar-refractivity contribution is 0.140. The van der Waals surface area contributed by atoms with Gasteiger partial charge in [0, 0.05) is 18.0 Å². The molecule has 1 heterocycles. The van der Waals surface area contributed by atoms with E-state index in [0.29, 0.717) is 12.1 Å². The molecule has 1 aliphatic heterocycles. The fraction of sp³-hybridized carbons (Fsp3) is 0.600. The Kier molecular flexibility index (Phi) is 4.48. The highest BCUT2D eigenvalue weighted by Gasteiger charge is 2.27. The van der Waals surface area contributed by atoms with Crippen LogP contribution in [0.4, 0.5) is 0 Å². The van der Waals surface area contributed by atoms with E-state index >= 15 is 0 Å². The van der Waals surface area contributed by atoms with E-state index in [1.807, 2.05) is 12.1 Å². The molecule has 1 aromatic carbocycles. The van der Waals surface area contributed by atoms with Crippen molar-refractivity contribution >= 4 is 0 Å². The third kappa shape index (κ3) is 2.78. The van der Waals surface area contributed by atoms with E-state index in [4.69, 9.17) is 9.47 Å². The quantitative estimate of drug-likeness (QED) is 0.868. The SMILES string of the molecule is CCCC1CC(NCC)c2cc(OC)ccc2O1. The van der Waals surface area contributed by atoms with Crippen molar-refractivity contribution in [2.24, 2.45) is 0 Å². The van der Waals surface area contributed by atoms with E-state index in [-0.39, 0.29) is 0 Å². The summed E-state index contributed by atoms with van der Waals surface area (Å²) in [5, 5.41) is 3.54. The van der Waals surface area contributed by atoms with Gasteiger partial charge in [-0.15, -0.1) is 0 Å². The highest BCUT2D eigenvalue weighted by atomic mass is 16.5. The van der Waals surface area contributed by atoms with Crippen molar-refractivity contribution in [3.05, 3.63) is 23.8 Å². The Morgan fingerprint density at radius 1 is 1.39 bits per heavy atom. The van der Waals surface area contributed by atoms with Gasteiger partial charge in [0.2, 0.25) is 0 Å². The Hall–Kier alpha value is -1.22. The lowest BCUT2D eigenvalue weighted by Crippen LogP contribution is -2.32. The Balaban J connectivity index is 2.25. The maximum atomic E-state index is 6.05. The van der Waals surface area contributed by atoms with E-state index in [0.717, 1.165) is 37.3 Å². The number of fused-ring (bicyclic) bond motifs is 1. The summed E-state index contributed by atoms with van der Waals surface area (Å²) in [4.78, 5) is 0. The van der Waals surface area contributed by atoms with Gasteiger partial charge in [0.1, 0.15) is 17.6 Å². The van der Waals surface area contributed by atoms with Gasteiger partial charge in [-0.3, -0.25) is 0 Å². The van der Waals surface area contributed by atoms with Crippen molar-refractivity contribution in [1.29, 1.82) is 0 Å². The van der Waals surface area contributed by atoms with Crippen molar-refractivity contribution in [3.63, 3.8) is 0 Å². The molecule has 0 bridgehead atoms. The Labute approximate surface area is 109 Å². The van der Waals surface area contributed by atoms with E-state index < -0.39 is 0 Å². The maximum Gasteiger partial charge on any atom is 0.124 e. The smallest absolute Gasteiger partial charge is 0.124 e. The van der Waals surface area contributed by atoms with Crippen LogP contribution in [0.5, 0.6) is 11.5 Å². The average molecular weight is 249 g/mol. The largest absolute Gasteiger partial charge is 0.497 e. The van der Waals surface area contributed by atoms with Crippen molar-refractivity contribution < 1.29 is 9.47 Å². The summed E-state index contributed by atoms with van der Waals surface area (Å²) in [5.74, 6) is 1.90. The third-order valence-corrected chi connectivity index (χ3v) is 3.45. The van der Waals surface area contributed by atoms with E-state index in [1.165, 1.54) is 5.56 Å². The van der Waals surface area contributed by atoms with Gasteiger partial charge >= 0.3 is 0 Å². The molecular formula is C15H23NO2. The average Bonchev–Trinajstić information content (AvgIpc) is 2.39. The Morgan fingerprint density at radius 2 is 2.22 bits per heavy atom. The van der Waals surface area contributed by atoms with Gasteiger partial charge in [0.25, 0.3) is 0 Å². The predicted molar refractivity (Wildman–Crippen MR) is 73.4 cm³/mol. The second-order valence-corrected chi connectivity index (χ2v) is 4.78. The summed E-state index contributed by atoms with van der Waals surface area (Å²) in [6.45, 7) is 5.32. The molecule has 2 atom stereocenters. The van der Waals surface area contributed by atoms with Crippen LogP contribution in [0.2, 0.25) is 0 Å². The van der Waals surface area contributed by atoms with Crippen molar-refractivity contribution in [2.75, 3.05) is 13.7 Å². The molecule has 3 heteroatoms. The molecule has 100 valence electrons. The number of nitrogens with one attached hydrogen (secondary N) is 1. The fourth-order valence-electron chi connectivity index (χ4n) is 2.59. The molecule has 2 unspecified atom stereocenters. The first kappa shape index (κ1) is 13.2. The van der Waals surface area contributed by atoms with Crippen LogP contribution in [0, 0.1) is 0 Å². The van der Waals surface area contributed by atoms with E-state index in [2.05, 4.69) is 25.2 Å². The summed E-state index contributed by atoms with van der Waals surface area (Å²) >= 11 is 0. The van der Waals surface area contributed by atoms with Gasteiger partial charge < -0.3 is 14.8 Å². The zero-order valence-corrected chi connectivity index (χ0v) is 11.5. The van der Waals surface area contributed by atoms with Crippen molar-refractivity contribution in [2.45, 2.75) is 45.3 Å². The summed E-state index contributed by atoms with van der Waals surface area (Å²) in [6.07, 6.45) is 3.66. The number of benzene rings is 1. The third-order valence-electron chi connectivity index (χ3n) is 3.45. The molecule has 0 saturated heterocycles.